The summed E-state index contributed by atoms with van der Waals surface area (Å²) in [7, 11) is 0. The number of nitrogens with zero attached hydrogens (tertiary/aromatic N) is 3. The minimum atomic E-state index is -4.45. The number of aromatic nitrogens is 1. The second-order valence-electron chi connectivity index (χ2n) is 9.02. The summed E-state index contributed by atoms with van der Waals surface area (Å²) < 4.78 is 38.9. The van der Waals surface area contributed by atoms with Crippen LogP contribution in [0, 0.1) is 5.92 Å². The first-order valence-corrected chi connectivity index (χ1v) is 12.7. The summed E-state index contributed by atoms with van der Waals surface area (Å²) in [6.07, 6.45) is -1.52. The highest BCUT2D eigenvalue weighted by Gasteiger charge is 2.39. The van der Waals surface area contributed by atoms with E-state index in [4.69, 9.17) is 0 Å². The third kappa shape index (κ3) is 5.08. The normalized spacial score (nSPS) is 17.8. The lowest BCUT2D eigenvalue weighted by Gasteiger charge is -2.34. The van der Waals surface area contributed by atoms with Gasteiger partial charge in [-0.2, -0.15) is 13.2 Å². The second kappa shape index (κ2) is 9.97. The fraction of sp³-hybridized carbons (Fsp3) is 0.308. The molecule has 1 fully saturated rings. The summed E-state index contributed by atoms with van der Waals surface area (Å²) in [5.74, 6) is -1.43. The number of carbonyl (C=O) groups excluding carboxylic acids is 3. The van der Waals surface area contributed by atoms with E-state index in [1.165, 1.54) is 28.4 Å². The Labute approximate surface area is 214 Å². The Morgan fingerprint density at radius 3 is 2.70 bits per heavy atom. The van der Waals surface area contributed by atoms with Crippen LogP contribution in [0.1, 0.15) is 49.7 Å². The molecule has 3 amide bonds. The van der Waals surface area contributed by atoms with Crippen molar-refractivity contribution in [2.75, 3.05) is 18.0 Å². The van der Waals surface area contributed by atoms with Crippen molar-refractivity contribution >= 4 is 34.7 Å². The minimum Gasteiger partial charge on any atom is -0.370 e. The standard InChI is InChI=1S/C26H23F3N4O3S/c27-26(28,29)18-6-1-4-16(12-18)13-31-23(34)17-5-3-10-32(14-17)20-8-2-7-19-22(20)25(36)33(24(19)35)15-21-30-9-11-37-21/h1-2,4,6-9,11-12,17H,3,5,10,13-15H2,(H,31,34)/t17-/m0/s1. The third-order valence-electron chi connectivity index (χ3n) is 6.61. The van der Waals surface area contributed by atoms with Gasteiger partial charge in [0.05, 0.1) is 34.8 Å². The van der Waals surface area contributed by atoms with E-state index in [-0.39, 0.29) is 30.8 Å². The lowest BCUT2D eigenvalue weighted by atomic mass is 9.95. The number of fused-ring (bicyclic) bond motifs is 1. The number of carbonyl (C=O) groups is 3. The number of rotatable bonds is 6. The van der Waals surface area contributed by atoms with E-state index >= 15 is 0 Å². The zero-order valence-electron chi connectivity index (χ0n) is 19.6. The van der Waals surface area contributed by atoms with E-state index in [0.717, 1.165) is 12.1 Å². The van der Waals surface area contributed by atoms with Crippen molar-refractivity contribution in [2.24, 2.45) is 5.92 Å². The van der Waals surface area contributed by atoms with Gasteiger partial charge in [-0.05, 0) is 42.7 Å². The number of amides is 3. The van der Waals surface area contributed by atoms with Crippen molar-refractivity contribution in [2.45, 2.75) is 32.1 Å². The summed E-state index contributed by atoms with van der Waals surface area (Å²) in [6, 6.07) is 10.0. The number of alkyl halides is 3. The molecule has 1 N–H and O–H groups in total. The Morgan fingerprint density at radius 2 is 1.95 bits per heavy atom. The van der Waals surface area contributed by atoms with E-state index in [0.29, 0.717) is 53.3 Å². The van der Waals surface area contributed by atoms with Gasteiger partial charge < -0.3 is 10.2 Å². The molecule has 3 heterocycles. The molecule has 2 aliphatic heterocycles. The number of piperidine rings is 1. The smallest absolute Gasteiger partial charge is 0.370 e. The number of benzene rings is 2. The van der Waals surface area contributed by atoms with Gasteiger partial charge in [0.15, 0.2) is 0 Å². The quantitative estimate of drug-likeness (QED) is 0.477. The van der Waals surface area contributed by atoms with Crippen LogP contribution < -0.4 is 10.2 Å². The van der Waals surface area contributed by atoms with Gasteiger partial charge in [0.2, 0.25) is 5.91 Å². The van der Waals surface area contributed by atoms with Crippen molar-refractivity contribution in [3.8, 4) is 0 Å². The average molecular weight is 529 g/mol. The van der Waals surface area contributed by atoms with Gasteiger partial charge in [-0.3, -0.25) is 19.3 Å². The number of hydrogen-bond acceptors (Lipinski definition) is 6. The number of thiazole rings is 1. The van der Waals surface area contributed by atoms with E-state index in [1.54, 1.807) is 29.8 Å². The van der Waals surface area contributed by atoms with Crippen LogP contribution in [-0.2, 0) is 24.1 Å². The molecule has 0 radical (unpaired) electrons. The van der Waals surface area contributed by atoms with Gasteiger partial charge in [-0.25, -0.2) is 4.98 Å². The predicted molar refractivity (Wildman–Crippen MR) is 131 cm³/mol. The lowest BCUT2D eigenvalue weighted by Crippen LogP contribution is -2.43. The van der Waals surface area contributed by atoms with Crippen LogP contribution in [0.3, 0.4) is 0 Å². The van der Waals surface area contributed by atoms with Gasteiger partial charge in [0.1, 0.15) is 5.01 Å². The van der Waals surface area contributed by atoms with Gasteiger partial charge in [0.25, 0.3) is 11.8 Å². The van der Waals surface area contributed by atoms with E-state index < -0.39 is 17.7 Å². The van der Waals surface area contributed by atoms with Gasteiger partial charge in [-0.15, -0.1) is 11.3 Å². The topological polar surface area (TPSA) is 82.6 Å². The SMILES string of the molecule is O=C(NCc1cccc(C(F)(F)F)c1)[C@H]1CCCN(c2cccc3c2C(=O)N(Cc2nccs2)C3=O)C1. The number of imide groups is 1. The van der Waals surface area contributed by atoms with Crippen LogP contribution in [0.25, 0.3) is 0 Å². The van der Waals surface area contributed by atoms with Crippen molar-refractivity contribution in [3.05, 3.63) is 81.3 Å². The number of nitrogens with one attached hydrogen (secondary N) is 1. The Kier molecular flexibility index (Phi) is 6.72. The van der Waals surface area contributed by atoms with Crippen molar-refractivity contribution in [3.63, 3.8) is 0 Å². The maximum absolute atomic E-state index is 13.3. The molecule has 0 spiro atoms. The van der Waals surface area contributed by atoms with Crippen LogP contribution in [0.2, 0.25) is 0 Å². The van der Waals surface area contributed by atoms with Crippen LogP contribution >= 0.6 is 11.3 Å². The largest absolute Gasteiger partial charge is 0.416 e. The number of anilines is 1. The van der Waals surface area contributed by atoms with Crippen LogP contribution in [0.4, 0.5) is 18.9 Å². The fourth-order valence-electron chi connectivity index (χ4n) is 4.79. The fourth-order valence-corrected chi connectivity index (χ4v) is 5.39. The van der Waals surface area contributed by atoms with Crippen LogP contribution in [0.15, 0.2) is 54.0 Å². The molecule has 0 aliphatic carbocycles. The Morgan fingerprint density at radius 1 is 1.14 bits per heavy atom. The maximum Gasteiger partial charge on any atom is 0.416 e. The summed E-state index contributed by atoms with van der Waals surface area (Å²) >= 11 is 1.37. The first-order chi connectivity index (χ1) is 17.7. The maximum atomic E-state index is 13.3. The predicted octanol–water partition coefficient (Wildman–Crippen LogP) is 4.49. The molecule has 3 aromatic rings. The van der Waals surface area contributed by atoms with Crippen LogP contribution in [0.5, 0.6) is 0 Å². The monoisotopic (exact) mass is 528 g/mol. The summed E-state index contributed by atoms with van der Waals surface area (Å²) in [5, 5.41) is 5.19. The lowest BCUT2D eigenvalue weighted by molar-refractivity contribution is -0.137. The zero-order valence-corrected chi connectivity index (χ0v) is 20.4. The molecule has 1 saturated heterocycles. The van der Waals surface area contributed by atoms with Gasteiger partial charge >= 0.3 is 6.18 Å². The molecule has 5 rings (SSSR count). The molecule has 0 saturated carbocycles. The molecule has 192 valence electrons. The Balaban J connectivity index is 1.28. The minimum absolute atomic E-state index is 0.0152. The molecule has 2 aromatic carbocycles. The molecule has 1 aromatic heterocycles. The molecule has 2 aliphatic rings. The van der Waals surface area contributed by atoms with Gasteiger partial charge in [0, 0.05) is 31.2 Å². The zero-order chi connectivity index (χ0) is 26.2. The van der Waals surface area contributed by atoms with Crippen molar-refractivity contribution in [1.82, 2.24) is 15.2 Å². The average Bonchev–Trinajstić information content (AvgIpc) is 3.50. The van der Waals surface area contributed by atoms with E-state index in [2.05, 4.69) is 10.3 Å². The molecule has 37 heavy (non-hydrogen) atoms. The van der Waals surface area contributed by atoms with Crippen molar-refractivity contribution in [1.29, 1.82) is 0 Å². The van der Waals surface area contributed by atoms with Crippen LogP contribution in [-0.4, -0.2) is 40.7 Å². The number of hydrogen-bond donors (Lipinski definition) is 1. The highest BCUT2D eigenvalue weighted by atomic mass is 32.1. The number of halogens is 3. The van der Waals surface area contributed by atoms with Gasteiger partial charge in [-0.1, -0.05) is 18.2 Å². The van der Waals surface area contributed by atoms with E-state index in [1.807, 2.05) is 4.90 Å². The summed E-state index contributed by atoms with van der Waals surface area (Å²) in [4.78, 5) is 46.5. The molecular formula is C26H23F3N4O3S. The molecular weight excluding hydrogens is 505 g/mol. The highest BCUT2D eigenvalue weighted by molar-refractivity contribution is 7.09. The summed E-state index contributed by atoms with van der Waals surface area (Å²) in [6.45, 7) is 1.03. The molecule has 0 bridgehead atoms. The highest BCUT2D eigenvalue weighted by Crippen LogP contribution is 2.35. The Hall–Kier alpha value is -3.73. The molecule has 11 heteroatoms. The third-order valence-corrected chi connectivity index (χ3v) is 7.37. The van der Waals surface area contributed by atoms with Crippen molar-refractivity contribution < 1.29 is 27.6 Å². The second-order valence-corrected chi connectivity index (χ2v) is 10.0. The van der Waals surface area contributed by atoms with E-state index in [9.17, 15) is 27.6 Å². The first-order valence-electron chi connectivity index (χ1n) is 11.8. The first kappa shape index (κ1) is 24.9. The summed E-state index contributed by atoms with van der Waals surface area (Å²) in [5.41, 5.74) is 0.863. The molecule has 1 atom stereocenters. The Bertz CT molecular complexity index is 1340. The molecule has 7 nitrogen and oxygen atoms in total. The molecule has 0 unspecified atom stereocenters.